The molecule has 1 N–H and O–H groups in total. The number of ether oxygens (including phenoxy) is 2. The van der Waals surface area contributed by atoms with Crippen LogP contribution in [0.2, 0.25) is 0 Å². The van der Waals surface area contributed by atoms with Gasteiger partial charge < -0.3 is 14.8 Å². The molecule has 0 saturated heterocycles. The van der Waals surface area contributed by atoms with Gasteiger partial charge in [-0.2, -0.15) is 0 Å². The average Bonchev–Trinajstić information content (AvgIpc) is 3.21. The molecule has 0 radical (unpaired) electrons. The zero-order chi connectivity index (χ0) is 19.2. The van der Waals surface area contributed by atoms with E-state index < -0.39 is 0 Å². The summed E-state index contributed by atoms with van der Waals surface area (Å²) in [5.74, 6) is 1.93. The summed E-state index contributed by atoms with van der Waals surface area (Å²) in [5, 5.41) is 5.06. The first-order valence-corrected chi connectivity index (χ1v) is 10.3. The van der Waals surface area contributed by atoms with Gasteiger partial charge in [-0.3, -0.25) is 4.79 Å². The molecule has 2 aromatic carbocycles. The third-order valence-corrected chi connectivity index (χ3v) is 6.24. The lowest BCUT2D eigenvalue weighted by atomic mass is 10.1. The quantitative estimate of drug-likeness (QED) is 0.524. The van der Waals surface area contributed by atoms with E-state index in [-0.39, 0.29) is 5.91 Å². The van der Waals surface area contributed by atoms with Gasteiger partial charge in [0.2, 0.25) is 0 Å². The van der Waals surface area contributed by atoms with E-state index in [1.165, 1.54) is 4.88 Å². The molecule has 3 aromatic rings. The summed E-state index contributed by atoms with van der Waals surface area (Å²) in [6, 6.07) is 15.4. The second-order valence-electron chi connectivity index (χ2n) is 5.84. The Morgan fingerprint density at radius 3 is 2.52 bits per heavy atom. The molecule has 0 aliphatic heterocycles. The van der Waals surface area contributed by atoms with E-state index in [4.69, 9.17) is 9.47 Å². The lowest BCUT2D eigenvalue weighted by Crippen LogP contribution is -2.14. The van der Waals surface area contributed by atoms with Crippen molar-refractivity contribution in [3.8, 4) is 11.5 Å². The van der Waals surface area contributed by atoms with Crippen molar-refractivity contribution in [1.29, 1.82) is 0 Å². The van der Waals surface area contributed by atoms with Crippen LogP contribution < -0.4 is 14.8 Å². The zero-order valence-electron chi connectivity index (χ0n) is 15.4. The van der Waals surface area contributed by atoms with Crippen LogP contribution in [0.25, 0.3) is 0 Å². The maximum Gasteiger partial charge on any atom is 0.256 e. The van der Waals surface area contributed by atoms with Gasteiger partial charge >= 0.3 is 0 Å². The highest BCUT2D eigenvalue weighted by Gasteiger charge is 2.15. The van der Waals surface area contributed by atoms with Crippen LogP contribution in [0.3, 0.4) is 0 Å². The Labute approximate surface area is 167 Å². The van der Waals surface area contributed by atoms with Gasteiger partial charge in [0.05, 0.1) is 19.8 Å². The number of aryl methyl sites for hydroxylation is 1. The van der Waals surface area contributed by atoms with Gasteiger partial charge in [0, 0.05) is 27.3 Å². The van der Waals surface area contributed by atoms with Gasteiger partial charge in [-0.05, 0) is 42.1 Å². The van der Waals surface area contributed by atoms with Crippen molar-refractivity contribution in [3.05, 3.63) is 69.9 Å². The van der Waals surface area contributed by atoms with Crippen molar-refractivity contribution in [3.63, 3.8) is 0 Å². The Morgan fingerprint density at radius 1 is 1.07 bits per heavy atom. The number of amides is 1. The predicted octanol–water partition coefficient (Wildman–Crippen LogP) is 5.62. The molecule has 4 nitrogen and oxygen atoms in total. The Balaban J connectivity index is 1.80. The number of carbonyl (C=O) groups excluding carboxylic acids is 1. The Morgan fingerprint density at radius 2 is 1.81 bits per heavy atom. The molecule has 0 spiro atoms. The van der Waals surface area contributed by atoms with Gasteiger partial charge in [0.15, 0.2) is 11.5 Å². The monoisotopic (exact) mass is 399 g/mol. The van der Waals surface area contributed by atoms with E-state index in [0.717, 1.165) is 16.2 Å². The number of anilines is 1. The number of thioether (sulfide) groups is 1. The third kappa shape index (κ3) is 4.64. The molecule has 0 saturated carbocycles. The smallest absolute Gasteiger partial charge is 0.256 e. The summed E-state index contributed by atoms with van der Waals surface area (Å²) < 4.78 is 10.7. The van der Waals surface area contributed by atoms with Crippen molar-refractivity contribution in [1.82, 2.24) is 0 Å². The molecule has 1 amide bonds. The third-order valence-electron chi connectivity index (χ3n) is 4.06. The van der Waals surface area contributed by atoms with Crippen LogP contribution in [0.15, 0.2) is 58.8 Å². The van der Waals surface area contributed by atoms with Crippen LogP contribution in [-0.4, -0.2) is 20.1 Å². The molecular weight excluding hydrogens is 378 g/mol. The van der Waals surface area contributed by atoms with Gasteiger partial charge in [-0.15, -0.1) is 23.1 Å². The first-order valence-electron chi connectivity index (χ1n) is 8.40. The fourth-order valence-corrected chi connectivity index (χ4v) is 4.45. The van der Waals surface area contributed by atoms with Crippen molar-refractivity contribution in [2.24, 2.45) is 0 Å². The topological polar surface area (TPSA) is 47.6 Å². The summed E-state index contributed by atoms with van der Waals surface area (Å²) in [6.45, 7) is 1.93. The van der Waals surface area contributed by atoms with Crippen molar-refractivity contribution < 1.29 is 14.3 Å². The van der Waals surface area contributed by atoms with Crippen LogP contribution in [0.1, 0.15) is 20.8 Å². The van der Waals surface area contributed by atoms with E-state index in [2.05, 4.69) is 16.8 Å². The van der Waals surface area contributed by atoms with Crippen LogP contribution in [0.5, 0.6) is 11.5 Å². The van der Waals surface area contributed by atoms with Gasteiger partial charge in [-0.1, -0.05) is 18.2 Å². The van der Waals surface area contributed by atoms with Crippen LogP contribution in [0, 0.1) is 6.92 Å². The van der Waals surface area contributed by atoms with E-state index in [1.807, 2.05) is 43.3 Å². The standard InChI is InChI=1S/C21H21NO3S2/c1-14-11-18(24-2)19(25-3)12-17(14)22-21(23)16-8-4-5-9-20(16)27-13-15-7-6-10-26-15/h4-12H,13H2,1-3H3,(H,22,23). The highest BCUT2D eigenvalue weighted by Crippen LogP contribution is 2.34. The second-order valence-corrected chi connectivity index (χ2v) is 7.89. The summed E-state index contributed by atoms with van der Waals surface area (Å²) in [5.41, 5.74) is 2.27. The van der Waals surface area contributed by atoms with Gasteiger partial charge in [-0.25, -0.2) is 0 Å². The first-order chi connectivity index (χ1) is 13.1. The maximum atomic E-state index is 12.9. The molecule has 0 aliphatic rings. The molecule has 0 aliphatic carbocycles. The van der Waals surface area contributed by atoms with Crippen LogP contribution in [-0.2, 0) is 5.75 Å². The van der Waals surface area contributed by atoms with Crippen molar-refractivity contribution in [2.45, 2.75) is 17.6 Å². The summed E-state index contributed by atoms with van der Waals surface area (Å²) in [6.07, 6.45) is 0. The van der Waals surface area contributed by atoms with E-state index >= 15 is 0 Å². The molecule has 140 valence electrons. The van der Waals surface area contributed by atoms with Crippen molar-refractivity contribution in [2.75, 3.05) is 19.5 Å². The number of hydrogen-bond acceptors (Lipinski definition) is 5. The zero-order valence-corrected chi connectivity index (χ0v) is 17.1. The number of nitrogens with one attached hydrogen (secondary N) is 1. The first kappa shape index (κ1) is 19.3. The lowest BCUT2D eigenvalue weighted by molar-refractivity contribution is 0.102. The lowest BCUT2D eigenvalue weighted by Gasteiger charge is -2.14. The SMILES string of the molecule is COc1cc(C)c(NC(=O)c2ccccc2SCc2cccs2)cc1OC. The van der Waals surface area contributed by atoms with E-state index in [9.17, 15) is 4.79 Å². The van der Waals surface area contributed by atoms with E-state index in [0.29, 0.717) is 22.7 Å². The largest absolute Gasteiger partial charge is 0.493 e. The molecule has 3 rings (SSSR count). The van der Waals surface area contributed by atoms with Crippen LogP contribution in [0.4, 0.5) is 5.69 Å². The Kier molecular flexibility index (Phi) is 6.42. The fraction of sp³-hybridized carbons (Fsp3) is 0.190. The number of carbonyl (C=O) groups is 1. The summed E-state index contributed by atoms with van der Waals surface area (Å²) in [4.78, 5) is 15.2. The van der Waals surface area contributed by atoms with Crippen molar-refractivity contribution >= 4 is 34.7 Å². The van der Waals surface area contributed by atoms with Gasteiger partial charge in [0.25, 0.3) is 5.91 Å². The minimum absolute atomic E-state index is 0.139. The van der Waals surface area contributed by atoms with E-state index in [1.54, 1.807) is 43.4 Å². The number of benzene rings is 2. The highest BCUT2D eigenvalue weighted by atomic mass is 32.2. The average molecular weight is 400 g/mol. The predicted molar refractivity (Wildman–Crippen MR) is 113 cm³/mol. The molecule has 0 fully saturated rings. The molecule has 1 aromatic heterocycles. The Bertz CT molecular complexity index is 923. The molecule has 0 atom stereocenters. The normalized spacial score (nSPS) is 10.5. The fourth-order valence-electron chi connectivity index (χ4n) is 2.63. The molecule has 27 heavy (non-hydrogen) atoms. The molecular formula is C21H21NO3S2. The Hall–Kier alpha value is -2.44. The number of thiophene rings is 1. The second kappa shape index (κ2) is 8.97. The minimum atomic E-state index is -0.139. The number of methoxy groups -OCH3 is 2. The summed E-state index contributed by atoms with van der Waals surface area (Å²) >= 11 is 3.39. The summed E-state index contributed by atoms with van der Waals surface area (Å²) in [7, 11) is 3.17. The van der Waals surface area contributed by atoms with Crippen LogP contribution >= 0.6 is 23.1 Å². The highest BCUT2D eigenvalue weighted by molar-refractivity contribution is 7.98. The molecule has 1 heterocycles. The van der Waals surface area contributed by atoms with Gasteiger partial charge in [0.1, 0.15) is 0 Å². The number of rotatable bonds is 7. The maximum absolute atomic E-state index is 12.9. The minimum Gasteiger partial charge on any atom is -0.493 e. The molecule has 0 unspecified atom stereocenters. The number of hydrogen-bond donors (Lipinski definition) is 1. The molecule has 0 bridgehead atoms. The molecule has 6 heteroatoms.